The molecule has 0 amide bonds. The summed E-state index contributed by atoms with van der Waals surface area (Å²) in [4.78, 5) is 0. The number of aliphatic hydroxyl groups is 1. The Kier molecular flexibility index (Phi) is 5.60. The van der Waals surface area contributed by atoms with Crippen LogP contribution >= 0.6 is 0 Å². The Labute approximate surface area is 88.5 Å². The van der Waals surface area contributed by atoms with Crippen LogP contribution in [0.4, 0.5) is 0 Å². The summed E-state index contributed by atoms with van der Waals surface area (Å²) in [7, 11) is 1.62. The summed E-state index contributed by atoms with van der Waals surface area (Å²) in [6.07, 6.45) is 0. The van der Waals surface area contributed by atoms with Crippen LogP contribution < -0.4 is 4.74 Å². The Bertz CT molecular complexity index is 173. The molecule has 0 aliphatic heterocycles. The van der Waals surface area contributed by atoms with E-state index in [1.54, 1.807) is 7.11 Å². The fourth-order valence-electron chi connectivity index (χ4n) is 0.731. The van der Waals surface area contributed by atoms with E-state index in [0.717, 1.165) is 11.3 Å². The molecule has 0 radical (unpaired) electrons. The molecule has 0 unspecified atom stereocenters. The molecule has 1 aromatic carbocycles. The minimum absolute atomic E-state index is 0. The molecular formula is C8H11NaO2. The van der Waals surface area contributed by atoms with Crippen molar-refractivity contribution in [2.24, 2.45) is 0 Å². The zero-order chi connectivity index (χ0) is 7.40. The minimum atomic E-state index is 0. The molecule has 1 N–H and O–H groups in total. The van der Waals surface area contributed by atoms with Gasteiger partial charge in [0.15, 0.2) is 0 Å². The van der Waals surface area contributed by atoms with Gasteiger partial charge in [0.2, 0.25) is 0 Å². The van der Waals surface area contributed by atoms with E-state index in [1.807, 2.05) is 24.3 Å². The summed E-state index contributed by atoms with van der Waals surface area (Å²) in [5.74, 6) is 0.817. The third-order valence-corrected chi connectivity index (χ3v) is 1.34. The third kappa shape index (κ3) is 3.25. The van der Waals surface area contributed by atoms with Gasteiger partial charge in [-0.3, -0.25) is 0 Å². The Hall–Kier alpha value is -0.0200. The number of ether oxygens (including phenoxy) is 1. The molecule has 2 nitrogen and oxygen atoms in total. The number of rotatable bonds is 2. The summed E-state index contributed by atoms with van der Waals surface area (Å²) in [5, 5.41) is 8.66. The first-order valence-electron chi connectivity index (χ1n) is 3.10. The number of methoxy groups -OCH3 is 1. The molecule has 0 saturated carbocycles. The molecule has 1 aromatic rings. The van der Waals surface area contributed by atoms with Gasteiger partial charge in [0.05, 0.1) is 13.7 Å². The van der Waals surface area contributed by atoms with Gasteiger partial charge in [0.1, 0.15) is 5.75 Å². The average Bonchev–Trinajstić information content (AvgIpc) is 2.05. The van der Waals surface area contributed by atoms with Gasteiger partial charge in [-0.15, -0.1) is 0 Å². The van der Waals surface area contributed by atoms with Crippen LogP contribution in [0.2, 0.25) is 0 Å². The molecule has 3 heteroatoms. The van der Waals surface area contributed by atoms with Gasteiger partial charge < -0.3 is 9.84 Å². The van der Waals surface area contributed by atoms with Crippen molar-refractivity contribution in [2.45, 2.75) is 6.61 Å². The predicted molar refractivity (Wildman–Crippen MR) is 46.1 cm³/mol. The van der Waals surface area contributed by atoms with E-state index in [9.17, 15) is 0 Å². The van der Waals surface area contributed by atoms with Crippen LogP contribution in [0.1, 0.15) is 5.56 Å². The summed E-state index contributed by atoms with van der Waals surface area (Å²) >= 11 is 0. The normalized spacial score (nSPS) is 8.55. The second-order valence-corrected chi connectivity index (χ2v) is 2.01. The Morgan fingerprint density at radius 2 is 1.82 bits per heavy atom. The van der Waals surface area contributed by atoms with Crippen LogP contribution in [0.25, 0.3) is 0 Å². The fourth-order valence-corrected chi connectivity index (χ4v) is 0.731. The molecule has 0 fully saturated rings. The van der Waals surface area contributed by atoms with Crippen molar-refractivity contribution in [2.75, 3.05) is 7.11 Å². The van der Waals surface area contributed by atoms with Crippen molar-refractivity contribution in [1.29, 1.82) is 0 Å². The van der Waals surface area contributed by atoms with Crippen molar-refractivity contribution >= 4 is 29.6 Å². The van der Waals surface area contributed by atoms with Gasteiger partial charge in [0, 0.05) is 0 Å². The third-order valence-electron chi connectivity index (χ3n) is 1.34. The number of benzene rings is 1. The quantitative estimate of drug-likeness (QED) is 0.643. The van der Waals surface area contributed by atoms with Crippen LogP contribution in [-0.2, 0) is 6.61 Å². The van der Waals surface area contributed by atoms with E-state index in [1.165, 1.54) is 0 Å². The molecule has 0 heterocycles. The van der Waals surface area contributed by atoms with Crippen molar-refractivity contribution in [3.05, 3.63) is 29.8 Å². The van der Waals surface area contributed by atoms with E-state index in [2.05, 4.69) is 0 Å². The van der Waals surface area contributed by atoms with E-state index < -0.39 is 0 Å². The number of hydrogen-bond acceptors (Lipinski definition) is 2. The molecule has 1 rings (SSSR count). The maximum atomic E-state index is 8.66. The van der Waals surface area contributed by atoms with E-state index >= 15 is 0 Å². The topological polar surface area (TPSA) is 29.5 Å². The van der Waals surface area contributed by atoms with Crippen LogP contribution in [0, 0.1) is 0 Å². The molecule has 0 aliphatic rings. The SMILES string of the molecule is COc1ccc(CO)cc1.[NaH]. The van der Waals surface area contributed by atoms with Gasteiger partial charge in [-0.05, 0) is 17.7 Å². The Morgan fingerprint density at radius 3 is 2.18 bits per heavy atom. The van der Waals surface area contributed by atoms with Gasteiger partial charge in [-0.1, -0.05) is 12.1 Å². The Balaban J connectivity index is 0.000001000. The van der Waals surface area contributed by atoms with Crippen LogP contribution in [0.3, 0.4) is 0 Å². The molecule has 0 atom stereocenters. The molecule has 0 spiro atoms. The van der Waals surface area contributed by atoms with E-state index in [-0.39, 0.29) is 36.2 Å². The van der Waals surface area contributed by atoms with Crippen LogP contribution in [-0.4, -0.2) is 41.8 Å². The van der Waals surface area contributed by atoms with Crippen LogP contribution in [0.5, 0.6) is 5.75 Å². The van der Waals surface area contributed by atoms with Crippen molar-refractivity contribution < 1.29 is 9.84 Å². The van der Waals surface area contributed by atoms with Gasteiger partial charge in [0.25, 0.3) is 0 Å². The van der Waals surface area contributed by atoms with E-state index in [0.29, 0.717) is 0 Å². The molecular weight excluding hydrogens is 151 g/mol. The summed E-state index contributed by atoms with van der Waals surface area (Å²) in [6.45, 7) is 0.0873. The molecule has 0 aliphatic carbocycles. The van der Waals surface area contributed by atoms with Crippen molar-refractivity contribution in [3.63, 3.8) is 0 Å². The number of aliphatic hydroxyl groups excluding tert-OH is 1. The van der Waals surface area contributed by atoms with Crippen molar-refractivity contribution in [1.82, 2.24) is 0 Å². The predicted octanol–water partition coefficient (Wildman–Crippen LogP) is 0.539. The Morgan fingerprint density at radius 1 is 1.27 bits per heavy atom. The molecule has 56 valence electrons. The van der Waals surface area contributed by atoms with Gasteiger partial charge in [-0.2, -0.15) is 0 Å². The zero-order valence-corrected chi connectivity index (χ0v) is 5.87. The van der Waals surface area contributed by atoms with Crippen molar-refractivity contribution in [3.8, 4) is 5.75 Å². The summed E-state index contributed by atoms with van der Waals surface area (Å²) < 4.78 is 4.93. The van der Waals surface area contributed by atoms with Crippen LogP contribution in [0.15, 0.2) is 24.3 Å². The zero-order valence-electron chi connectivity index (χ0n) is 5.87. The first kappa shape index (κ1) is 11.0. The second-order valence-electron chi connectivity index (χ2n) is 2.01. The number of hydrogen-bond donors (Lipinski definition) is 1. The second kappa shape index (κ2) is 5.61. The molecule has 11 heavy (non-hydrogen) atoms. The first-order valence-corrected chi connectivity index (χ1v) is 3.10. The monoisotopic (exact) mass is 162 g/mol. The van der Waals surface area contributed by atoms with E-state index in [4.69, 9.17) is 9.84 Å². The van der Waals surface area contributed by atoms with Gasteiger partial charge >= 0.3 is 29.6 Å². The standard InChI is InChI=1S/C8H10O2.Na.H/c1-10-8-4-2-7(6-9)3-5-8;;/h2-5,9H,6H2,1H3;;. The first-order chi connectivity index (χ1) is 4.86. The van der Waals surface area contributed by atoms with Gasteiger partial charge in [-0.25, -0.2) is 0 Å². The molecule has 0 saturated heterocycles. The molecule has 0 aromatic heterocycles. The summed E-state index contributed by atoms with van der Waals surface area (Å²) in [6, 6.07) is 7.31. The maximum absolute atomic E-state index is 8.66. The fraction of sp³-hybridized carbons (Fsp3) is 0.250. The average molecular weight is 162 g/mol. The molecule has 0 bridgehead atoms. The summed E-state index contributed by atoms with van der Waals surface area (Å²) in [5.41, 5.74) is 0.904.